The lowest BCUT2D eigenvalue weighted by Gasteiger charge is -2.30. The van der Waals surface area contributed by atoms with Crippen molar-refractivity contribution in [2.45, 2.75) is 29.5 Å². The van der Waals surface area contributed by atoms with E-state index in [0.717, 1.165) is 54.2 Å². The SMILES string of the molecule is FC(F)(F)c1cc(Cl)c(-n2cc3c(n2)CCC2(C3)SCCS2)c(Cl)c1. The molecular formula is C16H13Cl2F3N2S2. The standard InChI is InChI=1S/C16H13Cl2F3N2S2/c17-11-5-10(16(19,20)21)6-12(18)14(11)23-8-9-7-15(24-3-4-25-15)2-1-13(9)22-23/h5-6,8H,1-4,7H2. The average Bonchev–Trinajstić information content (AvgIpc) is 3.13. The van der Waals surface area contributed by atoms with Gasteiger partial charge < -0.3 is 0 Å². The Morgan fingerprint density at radius 1 is 1.12 bits per heavy atom. The van der Waals surface area contributed by atoms with Crippen LogP contribution in [0.2, 0.25) is 10.0 Å². The van der Waals surface area contributed by atoms with Crippen LogP contribution in [0.25, 0.3) is 5.69 Å². The summed E-state index contributed by atoms with van der Waals surface area (Å²) in [6.07, 6.45) is 0.196. The Morgan fingerprint density at radius 2 is 1.76 bits per heavy atom. The maximum atomic E-state index is 12.9. The Bertz CT molecular complexity index is 806. The molecule has 0 amide bonds. The van der Waals surface area contributed by atoms with E-state index in [-0.39, 0.29) is 14.1 Å². The smallest absolute Gasteiger partial charge is 0.237 e. The van der Waals surface area contributed by atoms with Crippen molar-refractivity contribution < 1.29 is 13.2 Å². The van der Waals surface area contributed by atoms with Gasteiger partial charge in [0.1, 0.15) is 5.69 Å². The molecule has 1 aliphatic carbocycles. The lowest BCUT2D eigenvalue weighted by Crippen LogP contribution is -2.26. The summed E-state index contributed by atoms with van der Waals surface area (Å²) in [5.41, 5.74) is 1.54. The predicted molar refractivity (Wildman–Crippen MR) is 98.3 cm³/mol. The number of thioether (sulfide) groups is 2. The van der Waals surface area contributed by atoms with E-state index in [0.29, 0.717) is 5.69 Å². The van der Waals surface area contributed by atoms with Gasteiger partial charge in [0.2, 0.25) is 0 Å². The lowest BCUT2D eigenvalue weighted by molar-refractivity contribution is -0.137. The molecule has 1 fully saturated rings. The van der Waals surface area contributed by atoms with Crippen LogP contribution in [0.5, 0.6) is 0 Å². The summed E-state index contributed by atoms with van der Waals surface area (Å²) >= 11 is 16.2. The van der Waals surface area contributed by atoms with E-state index in [2.05, 4.69) is 5.10 Å². The van der Waals surface area contributed by atoms with Crippen molar-refractivity contribution in [2.75, 3.05) is 11.5 Å². The number of halogens is 5. The van der Waals surface area contributed by atoms with Crippen LogP contribution >= 0.6 is 46.7 Å². The van der Waals surface area contributed by atoms with Gasteiger partial charge in [-0.1, -0.05) is 23.2 Å². The molecule has 2 aliphatic rings. The van der Waals surface area contributed by atoms with Crippen molar-refractivity contribution in [2.24, 2.45) is 0 Å². The second kappa shape index (κ2) is 6.29. The molecule has 1 aliphatic heterocycles. The van der Waals surface area contributed by atoms with Crippen LogP contribution in [-0.2, 0) is 19.0 Å². The van der Waals surface area contributed by atoms with E-state index in [9.17, 15) is 13.2 Å². The monoisotopic (exact) mass is 424 g/mol. The van der Waals surface area contributed by atoms with Crippen LogP contribution < -0.4 is 0 Å². The average molecular weight is 425 g/mol. The van der Waals surface area contributed by atoms with Crippen molar-refractivity contribution in [1.82, 2.24) is 9.78 Å². The first-order valence-electron chi connectivity index (χ1n) is 7.69. The molecule has 1 aromatic heterocycles. The van der Waals surface area contributed by atoms with E-state index in [1.165, 1.54) is 4.68 Å². The Kier molecular flexibility index (Phi) is 4.50. The van der Waals surface area contributed by atoms with Gasteiger partial charge in [0.15, 0.2) is 0 Å². The molecule has 25 heavy (non-hydrogen) atoms. The Balaban J connectivity index is 1.71. The van der Waals surface area contributed by atoms with Gasteiger partial charge in [-0.15, -0.1) is 23.5 Å². The molecule has 0 bridgehead atoms. The highest BCUT2D eigenvalue weighted by molar-refractivity contribution is 8.21. The second-order valence-electron chi connectivity index (χ2n) is 6.12. The molecule has 0 saturated carbocycles. The summed E-state index contributed by atoms with van der Waals surface area (Å²) in [7, 11) is 0. The van der Waals surface area contributed by atoms with Gasteiger partial charge >= 0.3 is 6.18 Å². The normalized spacial score (nSPS) is 19.4. The van der Waals surface area contributed by atoms with Crippen molar-refractivity contribution in [1.29, 1.82) is 0 Å². The third-order valence-electron chi connectivity index (χ3n) is 4.47. The first-order chi connectivity index (χ1) is 11.8. The Morgan fingerprint density at radius 3 is 2.36 bits per heavy atom. The molecule has 0 N–H and O–H groups in total. The number of rotatable bonds is 1. The van der Waals surface area contributed by atoms with Crippen LogP contribution in [0.1, 0.15) is 23.2 Å². The zero-order valence-corrected chi connectivity index (χ0v) is 16.0. The van der Waals surface area contributed by atoms with Crippen LogP contribution in [0.4, 0.5) is 13.2 Å². The van der Waals surface area contributed by atoms with Gasteiger partial charge in [-0.25, -0.2) is 4.68 Å². The number of hydrogen-bond acceptors (Lipinski definition) is 3. The third-order valence-corrected chi connectivity index (χ3v) is 8.57. The van der Waals surface area contributed by atoms with Crippen LogP contribution in [0.3, 0.4) is 0 Å². The lowest BCUT2D eigenvalue weighted by atomic mass is 9.97. The topological polar surface area (TPSA) is 17.8 Å². The molecule has 0 unspecified atom stereocenters. The number of benzene rings is 1. The number of alkyl halides is 3. The van der Waals surface area contributed by atoms with Crippen molar-refractivity contribution >= 4 is 46.7 Å². The van der Waals surface area contributed by atoms with Crippen molar-refractivity contribution in [3.63, 3.8) is 0 Å². The highest BCUT2D eigenvalue weighted by atomic mass is 35.5. The summed E-state index contributed by atoms with van der Waals surface area (Å²) in [4.78, 5) is 0. The zero-order valence-electron chi connectivity index (χ0n) is 12.9. The number of aromatic nitrogens is 2. The van der Waals surface area contributed by atoms with Crippen molar-refractivity contribution in [3.05, 3.63) is 45.2 Å². The molecule has 1 aromatic carbocycles. The fourth-order valence-corrected chi connectivity index (χ4v) is 7.21. The molecule has 134 valence electrons. The minimum absolute atomic E-state index is 0.0565. The summed E-state index contributed by atoms with van der Waals surface area (Å²) in [5, 5.41) is 4.42. The summed E-state index contributed by atoms with van der Waals surface area (Å²) in [6.45, 7) is 0. The molecule has 0 radical (unpaired) electrons. The van der Waals surface area contributed by atoms with E-state index in [1.54, 1.807) is 0 Å². The Hall–Kier alpha value is -0.500. The molecule has 0 atom stereocenters. The fraction of sp³-hybridized carbons (Fsp3) is 0.438. The summed E-state index contributed by atoms with van der Waals surface area (Å²) in [5.74, 6) is 2.31. The first-order valence-corrected chi connectivity index (χ1v) is 10.4. The molecule has 1 saturated heterocycles. The maximum Gasteiger partial charge on any atom is 0.416 e. The minimum atomic E-state index is -4.49. The molecule has 2 heterocycles. The number of aryl methyl sites for hydroxylation is 1. The van der Waals surface area contributed by atoms with Crippen LogP contribution in [-0.4, -0.2) is 25.4 Å². The van der Waals surface area contributed by atoms with Crippen LogP contribution in [0.15, 0.2) is 18.3 Å². The van der Waals surface area contributed by atoms with E-state index in [4.69, 9.17) is 23.2 Å². The van der Waals surface area contributed by atoms with E-state index < -0.39 is 11.7 Å². The summed E-state index contributed by atoms with van der Waals surface area (Å²) < 4.78 is 40.4. The largest absolute Gasteiger partial charge is 0.416 e. The summed E-state index contributed by atoms with van der Waals surface area (Å²) in [6, 6.07) is 1.79. The van der Waals surface area contributed by atoms with Gasteiger partial charge in [0, 0.05) is 17.7 Å². The van der Waals surface area contributed by atoms with Gasteiger partial charge in [-0.05, 0) is 37.0 Å². The molecule has 2 aromatic rings. The number of fused-ring (bicyclic) bond motifs is 1. The van der Waals surface area contributed by atoms with Crippen LogP contribution in [0, 0.1) is 0 Å². The molecule has 9 heteroatoms. The van der Waals surface area contributed by atoms with E-state index >= 15 is 0 Å². The third kappa shape index (κ3) is 3.29. The van der Waals surface area contributed by atoms with Gasteiger partial charge in [-0.2, -0.15) is 18.3 Å². The fourth-order valence-electron chi connectivity index (χ4n) is 3.30. The second-order valence-corrected chi connectivity index (χ2v) is 10.1. The highest BCUT2D eigenvalue weighted by Crippen LogP contribution is 2.51. The first kappa shape index (κ1) is 17.9. The molecule has 2 nitrogen and oxygen atoms in total. The Labute approximate surface area is 161 Å². The maximum absolute atomic E-state index is 12.9. The predicted octanol–water partition coefficient (Wildman–Crippen LogP) is 5.86. The van der Waals surface area contributed by atoms with Crippen molar-refractivity contribution in [3.8, 4) is 5.69 Å². The molecule has 1 spiro atoms. The molecule has 4 rings (SSSR count). The number of hydrogen-bond donors (Lipinski definition) is 0. The highest BCUT2D eigenvalue weighted by Gasteiger charge is 2.40. The molecular weight excluding hydrogens is 412 g/mol. The number of nitrogens with zero attached hydrogens (tertiary/aromatic N) is 2. The van der Waals surface area contributed by atoms with Gasteiger partial charge in [-0.3, -0.25) is 0 Å². The van der Waals surface area contributed by atoms with E-state index in [1.807, 2.05) is 29.7 Å². The zero-order chi connectivity index (χ0) is 17.8. The van der Waals surface area contributed by atoms with Gasteiger partial charge in [0.05, 0.1) is 25.4 Å². The quantitative estimate of drug-likeness (QED) is 0.570. The van der Waals surface area contributed by atoms with Gasteiger partial charge in [0.25, 0.3) is 0 Å². The minimum Gasteiger partial charge on any atom is -0.237 e.